The molecule has 0 saturated heterocycles. The van der Waals surface area contributed by atoms with Gasteiger partial charge in [0.25, 0.3) is 5.56 Å². The SMILES string of the molecule is COc1ccccc1OCCNC(=O)CSc1nc2ccccc2c(=O)n1-c1ccccc1OC. The van der Waals surface area contributed by atoms with E-state index in [0.29, 0.717) is 45.5 Å². The third-order valence-corrected chi connectivity index (χ3v) is 6.09. The van der Waals surface area contributed by atoms with E-state index in [2.05, 4.69) is 10.3 Å². The number of amides is 1. The van der Waals surface area contributed by atoms with Gasteiger partial charge in [0, 0.05) is 0 Å². The van der Waals surface area contributed by atoms with Crippen molar-refractivity contribution in [3.8, 4) is 22.9 Å². The quantitative estimate of drug-likeness (QED) is 0.206. The summed E-state index contributed by atoms with van der Waals surface area (Å²) in [5, 5.41) is 3.72. The molecule has 0 atom stereocenters. The largest absolute Gasteiger partial charge is 0.495 e. The fraction of sp³-hybridized carbons (Fsp3) is 0.192. The maximum atomic E-state index is 13.4. The first-order valence-electron chi connectivity index (χ1n) is 10.9. The lowest BCUT2D eigenvalue weighted by molar-refractivity contribution is -0.118. The van der Waals surface area contributed by atoms with Crippen LogP contribution in [0.15, 0.2) is 82.7 Å². The van der Waals surface area contributed by atoms with Crippen molar-refractivity contribution in [2.24, 2.45) is 0 Å². The van der Waals surface area contributed by atoms with Crippen LogP contribution in [0.2, 0.25) is 0 Å². The van der Waals surface area contributed by atoms with Gasteiger partial charge in [-0.15, -0.1) is 0 Å². The molecule has 8 nitrogen and oxygen atoms in total. The van der Waals surface area contributed by atoms with Crippen molar-refractivity contribution in [3.05, 3.63) is 83.2 Å². The van der Waals surface area contributed by atoms with E-state index in [-0.39, 0.29) is 23.8 Å². The molecule has 1 aromatic heterocycles. The number of aromatic nitrogens is 2. The summed E-state index contributed by atoms with van der Waals surface area (Å²) in [7, 11) is 3.12. The molecule has 1 heterocycles. The highest BCUT2D eigenvalue weighted by Crippen LogP contribution is 2.27. The Balaban J connectivity index is 1.48. The summed E-state index contributed by atoms with van der Waals surface area (Å²) in [5.41, 5.74) is 0.899. The highest BCUT2D eigenvalue weighted by atomic mass is 32.2. The smallest absolute Gasteiger partial charge is 0.266 e. The molecule has 1 amide bonds. The third kappa shape index (κ3) is 5.58. The van der Waals surface area contributed by atoms with Gasteiger partial charge in [0.15, 0.2) is 16.7 Å². The second-order valence-electron chi connectivity index (χ2n) is 7.36. The van der Waals surface area contributed by atoms with Crippen LogP contribution in [0.25, 0.3) is 16.6 Å². The fourth-order valence-corrected chi connectivity index (χ4v) is 4.34. The minimum absolute atomic E-state index is 0.0780. The molecule has 0 bridgehead atoms. The molecule has 180 valence electrons. The topological polar surface area (TPSA) is 91.7 Å². The van der Waals surface area contributed by atoms with Gasteiger partial charge in [0.05, 0.1) is 43.1 Å². The predicted octanol–water partition coefficient (Wildman–Crippen LogP) is 3.69. The molecule has 0 spiro atoms. The molecule has 1 N–H and O–H groups in total. The number of benzene rings is 3. The van der Waals surface area contributed by atoms with E-state index in [0.717, 1.165) is 0 Å². The Kier molecular flexibility index (Phi) is 7.89. The number of methoxy groups -OCH3 is 2. The Morgan fingerprint density at radius 2 is 1.57 bits per heavy atom. The zero-order valence-electron chi connectivity index (χ0n) is 19.4. The molecule has 0 unspecified atom stereocenters. The molecule has 0 fully saturated rings. The van der Waals surface area contributed by atoms with Crippen LogP contribution in [-0.2, 0) is 4.79 Å². The van der Waals surface area contributed by atoms with Gasteiger partial charge in [0.2, 0.25) is 5.91 Å². The molecule has 4 rings (SSSR count). The summed E-state index contributed by atoms with van der Waals surface area (Å²) in [6, 6.07) is 21.7. The molecule has 35 heavy (non-hydrogen) atoms. The Labute approximate surface area is 206 Å². The van der Waals surface area contributed by atoms with Crippen molar-refractivity contribution in [1.29, 1.82) is 0 Å². The van der Waals surface area contributed by atoms with E-state index < -0.39 is 0 Å². The van der Waals surface area contributed by atoms with Crippen molar-refractivity contribution in [2.45, 2.75) is 5.16 Å². The number of thioether (sulfide) groups is 1. The number of hydrogen-bond donors (Lipinski definition) is 1. The van der Waals surface area contributed by atoms with Gasteiger partial charge in [0.1, 0.15) is 12.4 Å². The summed E-state index contributed by atoms with van der Waals surface area (Å²) in [4.78, 5) is 30.6. The highest BCUT2D eigenvalue weighted by molar-refractivity contribution is 7.99. The van der Waals surface area contributed by atoms with Crippen LogP contribution < -0.4 is 25.1 Å². The number of carbonyl (C=O) groups excluding carboxylic acids is 1. The summed E-state index contributed by atoms with van der Waals surface area (Å²) < 4.78 is 17.9. The maximum Gasteiger partial charge on any atom is 0.266 e. The highest BCUT2D eigenvalue weighted by Gasteiger charge is 2.17. The van der Waals surface area contributed by atoms with Gasteiger partial charge in [-0.05, 0) is 36.4 Å². The van der Waals surface area contributed by atoms with Gasteiger partial charge < -0.3 is 19.5 Å². The van der Waals surface area contributed by atoms with Crippen molar-refractivity contribution >= 4 is 28.6 Å². The number of para-hydroxylation sites is 5. The number of ether oxygens (including phenoxy) is 3. The Hall–Kier alpha value is -3.98. The number of rotatable bonds is 10. The third-order valence-electron chi connectivity index (χ3n) is 5.15. The van der Waals surface area contributed by atoms with Crippen molar-refractivity contribution < 1.29 is 19.0 Å². The Morgan fingerprint density at radius 1 is 0.914 bits per heavy atom. The minimum atomic E-state index is -0.229. The molecule has 0 aliphatic carbocycles. The van der Waals surface area contributed by atoms with E-state index in [9.17, 15) is 9.59 Å². The van der Waals surface area contributed by atoms with E-state index in [1.165, 1.54) is 16.3 Å². The predicted molar refractivity (Wildman–Crippen MR) is 136 cm³/mol. The number of carbonyl (C=O) groups is 1. The van der Waals surface area contributed by atoms with E-state index in [1.54, 1.807) is 50.6 Å². The van der Waals surface area contributed by atoms with Crippen molar-refractivity contribution in [1.82, 2.24) is 14.9 Å². The molecule has 0 aliphatic rings. The molecule has 0 aliphatic heterocycles. The molecule has 3 aromatic carbocycles. The van der Waals surface area contributed by atoms with E-state index in [1.807, 2.05) is 36.4 Å². The zero-order valence-corrected chi connectivity index (χ0v) is 20.2. The van der Waals surface area contributed by atoms with Crippen LogP contribution in [0.1, 0.15) is 0 Å². The first-order chi connectivity index (χ1) is 17.1. The lowest BCUT2D eigenvalue weighted by Crippen LogP contribution is -2.30. The molecule has 0 saturated carbocycles. The summed E-state index contributed by atoms with van der Waals surface area (Å²) >= 11 is 1.18. The maximum absolute atomic E-state index is 13.4. The second-order valence-corrected chi connectivity index (χ2v) is 8.30. The lowest BCUT2D eigenvalue weighted by Gasteiger charge is -2.15. The summed E-state index contributed by atoms with van der Waals surface area (Å²) in [5.74, 6) is 1.65. The number of nitrogens with zero attached hydrogens (tertiary/aromatic N) is 2. The molecule has 4 aromatic rings. The van der Waals surface area contributed by atoms with Gasteiger partial charge in [-0.3, -0.25) is 14.2 Å². The van der Waals surface area contributed by atoms with Crippen LogP contribution in [0.3, 0.4) is 0 Å². The fourth-order valence-electron chi connectivity index (χ4n) is 3.51. The Morgan fingerprint density at radius 3 is 2.34 bits per heavy atom. The summed E-state index contributed by atoms with van der Waals surface area (Å²) in [6.07, 6.45) is 0. The molecular formula is C26H25N3O5S. The van der Waals surface area contributed by atoms with Crippen LogP contribution in [0.4, 0.5) is 0 Å². The summed E-state index contributed by atoms with van der Waals surface area (Å²) in [6.45, 7) is 0.610. The second kappa shape index (κ2) is 11.4. The van der Waals surface area contributed by atoms with Gasteiger partial charge in [-0.1, -0.05) is 48.2 Å². The molecule has 9 heteroatoms. The van der Waals surface area contributed by atoms with E-state index >= 15 is 0 Å². The average Bonchev–Trinajstić information content (AvgIpc) is 2.90. The van der Waals surface area contributed by atoms with Crippen LogP contribution in [0.5, 0.6) is 17.2 Å². The monoisotopic (exact) mass is 491 g/mol. The number of fused-ring (bicyclic) bond motifs is 1. The number of nitrogens with one attached hydrogen (secondary N) is 1. The number of hydrogen-bond acceptors (Lipinski definition) is 7. The van der Waals surface area contributed by atoms with E-state index in [4.69, 9.17) is 14.2 Å². The van der Waals surface area contributed by atoms with Crippen molar-refractivity contribution in [2.75, 3.05) is 33.1 Å². The minimum Gasteiger partial charge on any atom is -0.495 e. The van der Waals surface area contributed by atoms with Gasteiger partial charge in [-0.2, -0.15) is 0 Å². The van der Waals surface area contributed by atoms with Gasteiger partial charge >= 0.3 is 0 Å². The van der Waals surface area contributed by atoms with Gasteiger partial charge in [-0.25, -0.2) is 4.98 Å². The molecule has 0 radical (unpaired) electrons. The molecular weight excluding hydrogens is 466 g/mol. The lowest BCUT2D eigenvalue weighted by atomic mass is 10.2. The van der Waals surface area contributed by atoms with Crippen LogP contribution >= 0.6 is 11.8 Å². The Bertz CT molecular complexity index is 1390. The standard InChI is InChI=1S/C26H25N3O5S/c1-32-21-12-6-5-11-20(21)29-25(31)18-9-3-4-10-19(18)28-26(29)35-17-24(30)27-15-16-34-23-14-8-7-13-22(23)33-2/h3-14H,15-17H2,1-2H3,(H,27,30). The first kappa shape index (κ1) is 24.2. The van der Waals surface area contributed by atoms with Crippen LogP contribution in [-0.4, -0.2) is 48.6 Å². The first-order valence-corrected chi connectivity index (χ1v) is 11.9. The zero-order chi connectivity index (χ0) is 24.6. The average molecular weight is 492 g/mol. The normalized spacial score (nSPS) is 10.7. The van der Waals surface area contributed by atoms with Crippen molar-refractivity contribution in [3.63, 3.8) is 0 Å². The van der Waals surface area contributed by atoms with Crippen LogP contribution in [0, 0.1) is 0 Å².